The highest BCUT2D eigenvalue weighted by Gasteiger charge is 2.13. The Morgan fingerprint density at radius 1 is 1.32 bits per heavy atom. The fourth-order valence-corrected chi connectivity index (χ4v) is 2.82. The zero-order chi connectivity index (χ0) is 14.1. The Hall–Kier alpha value is -0.970. The summed E-state index contributed by atoms with van der Waals surface area (Å²) in [6.45, 7) is 2.23. The molecule has 0 aliphatic rings. The first kappa shape index (κ1) is 16.1. The van der Waals surface area contributed by atoms with Crippen molar-refractivity contribution in [2.45, 2.75) is 50.6 Å². The summed E-state index contributed by atoms with van der Waals surface area (Å²) in [6, 6.07) is 0. The van der Waals surface area contributed by atoms with E-state index < -0.39 is 0 Å². The van der Waals surface area contributed by atoms with Crippen LogP contribution in [0.25, 0.3) is 0 Å². The molecule has 0 saturated heterocycles. The van der Waals surface area contributed by atoms with Crippen molar-refractivity contribution < 1.29 is 9.53 Å². The van der Waals surface area contributed by atoms with Crippen molar-refractivity contribution in [3.8, 4) is 0 Å². The van der Waals surface area contributed by atoms with Crippen LogP contribution in [0.4, 0.5) is 0 Å². The first-order valence-electron chi connectivity index (χ1n) is 6.93. The van der Waals surface area contributed by atoms with E-state index in [1.807, 2.05) is 7.05 Å². The van der Waals surface area contributed by atoms with E-state index in [2.05, 4.69) is 11.9 Å². The maximum atomic E-state index is 11.4. The van der Waals surface area contributed by atoms with Crippen molar-refractivity contribution in [1.29, 1.82) is 0 Å². The highest BCUT2D eigenvalue weighted by atomic mass is 32.2. The van der Waals surface area contributed by atoms with Gasteiger partial charge in [0.1, 0.15) is 5.69 Å². The molecule has 0 atom stereocenters. The highest BCUT2D eigenvalue weighted by molar-refractivity contribution is 7.99. The zero-order valence-electron chi connectivity index (χ0n) is 12.1. The van der Waals surface area contributed by atoms with Gasteiger partial charge in [-0.05, 0) is 6.42 Å². The number of methoxy groups -OCH3 is 1. The summed E-state index contributed by atoms with van der Waals surface area (Å²) < 4.78 is 6.50. The molecule has 1 aromatic rings. The number of unbranched alkanes of at least 4 members (excludes halogenated alkanes) is 5. The Bertz CT molecular complexity index is 391. The summed E-state index contributed by atoms with van der Waals surface area (Å²) >= 11 is 1.70. The summed E-state index contributed by atoms with van der Waals surface area (Å²) in [7, 11) is 3.24. The molecule has 1 aromatic heterocycles. The third-order valence-electron chi connectivity index (χ3n) is 3.07. The number of hydrogen-bond donors (Lipinski definition) is 0. The van der Waals surface area contributed by atoms with Gasteiger partial charge < -0.3 is 9.30 Å². The van der Waals surface area contributed by atoms with Gasteiger partial charge in [0.25, 0.3) is 0 Å². The number of imidazole rings is 1. The van der Waals surface area contributed by atoms with Crippen molar-refractivity contribution >= 4 is 17.7 Å². The second kappa shape index (κ2) is 9.02. The van der Waals surface area contributed by atoms with E-state index in [-0.39, 0.29) is 5.97 Å². The Kier molecular flexibility index (Phi) is 7.63. The predicted molar refractivity (Wildman–Crippen MR) is 78.6 cm³/mol. The lowest BCUT2D eigenvalue weighted by Crippen LogP contribution is -2.07. The van der Waals surface area contributed by atoms with Gasteiger partial charge >= 0.3 is 5.97 Å². The number of rotatable bonds is 9. The summed E-state index contributed by atoms with van der Waals surface area (Å²) in [6.07, 6.45) is 9.36. The Labute approximate surface area is 119 Å². The average Bonchev–Trinajstić information content (AvgIpc) is 2.78. The van der Waals surface area contributed by atoms with Gasteiger partial charge in [0.15, 0.2) is 5.16 Å². The lowest BCUT2D eigenvalue weighted by molar-refractivity contribution is 0.0589. The molecule has 5 heteroatoms. The molecule has 0 radical (unpaired) electrons. The number of thioether (sulfide) groups is 1. The highest BCUT2D eigenvalue weighted by Crippen LogP contribution is 2.19. The van der Waals surface area contributed by atoms with Crippen LogP contribution in [0.3, 0.4) is 0 Å². The van der Waals surface area contributed by atoms with Gasteiger partial charge in [0, 0.05) is 12.8 Å². The molecule has 108 valence electrons. The third-order valence-corrected chi connectivity index (χ3v) is 4.20. The van der Waals surface area contributed by atoms with Crippen LogP contribution in [-0.4, -0.2) is 28.4 Å². The van der Waals surface area contributed by atoms with Crippen LogP contribution in [0.5, 0.6) is 0 Å². The number of nitrogens with zero attached hydrogens (tertiary/aromatic N) is 2. The van der Waals surface area contributed by atoms with Crippen LogP contribution in [0.1, 0.15) is 55.9 Å². The second-order valence-electron chi connectivity index (χ2n) is 4.59. The Balaban J connectivity index is 2.26. The number of esters is 1. The van der Waals surface area contributed by atoms with E-state index in [1.165, 1.54) is 45.6 Å². The molecule has 19 heavy (non-hydrogen) atoms. The minimum Gasteiger partial charge on any atom is -0.464 e. The Morgan fingerprint density at radius 3 is 2.68 bits per heavy atom. The van der Waals surface area contributed by atoms with Gasteiger partial charge in [-0.15, -0.1) is 0 Å². The molecule has 1 rings (SSSR count). The van der Waals surface area contributed by atoms with E-state index in [9.17, 15) is 4.79 Å². The van der Waals surface area contributed by atoms with Crippen molar-refractivity contribution in [1.82, 2.24) is 9.55 Å². The molecule has 0 saturated carbocycles. The fourth-order valence-electron chi connectivity index (χ4n) is 1.87. The monoisotopic (exact) mass is 284 g/mol. The first-order chi connectivity index (χ1) is 9.20. The van der Waals surface area contributed by atoms with Crippen LogP contribution in [0.2, 0.25) is 0 Å². The van der Waals surface area contributed by atoms with Crippen LogP contribution < -0.4 is 0 Å². The van der Waals surface area contributed by atoms with Crippen LogP contribution in [0, 0.1) is 0 Å². The zero-order valence-corrected chi connectivity index (χ0v) is 13.0. The summed E-state index contributed by atoms with van der Waals surface area (Å²) in [5, 5.41) is 0.883. The van der Waals surface area contributed by atoms with Crippen molar-refractivity contribution in [3.05, 3.63) is 11.9 Å². The van der Waals surface area contributed by atoms with Gasteiger partial charge in [0.05, 0.1) is 13.3 Å². The standard InChI is InChI=1S/C14H24N2O2S/c1-4-5-6-7-8-9-10-19-14-15-11-12(16(14)2)13(17)18-3/h11H,4-10H2,1-3H3. The molecule has 0 fully saturated rings. The van der Waals surface area contributed by atoms with Crippen molar-refractivity contribution in [2.75, 3.05) is 12.9 Å². The molecule has 0 unspecified atom stereocenters. The van der Waals surface area contributed by atoms with Gasteiger partial charge in [-0.1, -0.05) is 50.8 Å². The van der Waals surface area contributed by atoms with E-state index >= 15 is 0 Å². The molecule has 0 aliphatic heterocycles. The maximum absolute atomic E-state index is 11.4. The number of ether oxygens (including phenoxy) is 1. The molecular weight excluding hydrogens is 260 g/mol. The predicted octanol–water partition coefficient (Wildman–Crippen LogP) is 3.66. The minimum atomic E-state index is -0.332. The van der Waals surface area contributed by atoms with Gasteiger partial charge in [-0.2, -0.15) is 0 Å². The summed E-state index contributed by atoms with van der Waals surface area (Å²) in [5.74, 6) is 0.721. The molecule has 0 amide bonds. The van der Waals surface area contributed by atoms with E-state index in [0.29, 0.717) is 5.69 Å². The molecule has 0 spiro atoms. The van der Waals surface area contributed by atoms with Gasteiger partial charge in [-0.3, -0.25) is 0 Å². The van der Waals surface area contributed by atoms with E-state index in [0.717, 1.165) is 10.9 Å². The minimum absolute atomic E-state index is 0.332. The fraction of sp³-hybridized carbons (Fsp3) is 0.714. The lowest BCUT2D eigenvalue weighted by Gasteiger charge is -2.04. The summed E-state index contributed by atoms with van der Waals surface area (Å²) in [5.41, 5.74) is 0.507. The smallest absolute Gasteiger partial charge is 0.356 e. The number of aromatic nitrogens is 2. The van der Waals surface area contributed by atoms with Crippen molar-refractivity contribution in [3.63, 3.8) is 0 Å². The molecule has 0 aliphatic carbocycles. The van der Waals surface area contributed by atoms with Crippen LogP contribution >= 0.6 is 11.8 Å². The molecule has 1 heterocycles. The quantitative estimate of drug-likeness (QED) is 0.394. The van der Waals surface area contributed by atoms with Crippen molar-refractivity contribution in [2.24, 2.45) is 7.05 Å². The topological polar surface area (TPSA) is 44.1 Å². The Morgan fingerprint density at radius 2 is 2.00 bits per heavy atom. The first-order valence-corrected chi connectivity index (χ1v) is 7.92. The van der Waals surface area contributed by atoms with E-state index in [4.69, 9.17) is 4.74 Å². The van der Waals surface area contributed by atoms with E-state index in [1.54, 1.807) is 22.5 Å². The van der Waals surface area contributed by atoms with Crippen LogP contribution in [0.15, 0.2) is 11.4 Å². The lowest BCUT2D eigenvalue weighted by atomic mass is 10.1. The van der Waals surface area contributed by atoms with Crippen LogP contribution in [-0.2, 0) is 11.8 Å². The summed E-state index contributed by atoms with van der Waals surface area (Å²) in [4.78, 5) is 15.7. The number of carbonyl (C=O) groups excluding carboxylic acids is 1. The number of carbonyl (C=O) groups is 1. The molecule has 0 N–H and O–H groups in total. The molecule has 0 bridgehead atoms. The van der Waals surface area contributed by atoms with Gasteiger partial charge in [-0.25, -0.2) is 9.78 Å². The molecular formula is C14H24N2O2S. The average molecular weight is 284 g/mol. The largest absolute Gasteiger partial charge is 0.464 e. The normalized spacial score (nSPS) is 10.7. The maximum Gasteiger partial charge on any atom is 0.356 e. The van der Waals surface area contributed by atoms with Gasteiger partial charge in [0.2, 0.25) is 0 Å². The third kappa shape index (κ3) is 5.27. The SMILES string of the molecule is CCCCCCCCSc1ncc(C(=O)OC)n1C. The molecule has 0 aromatic carbocycles. The second-order valence-corrected chi connectivity index (χ2v) is 5.65. The molecule has 4 nitrogen and oxygen atoms in total. The number of hydrogen-bond acceptors (Lipinski definition) is 4.